The van der Waals surface area contributed by atoms with Crippen LogP contribution in [0.4, 0.5) is 10.1 Å². The molecule has 0 aliphatic carbocycles. The number of nitrogens with zero attached hydrogens (tertiary/aromatic N) is 3. The minimum absolute atomic E-state index is 0.0766. The fourth-order valence-corrected chi connectivity index (χ4v) is 3.71. The van der Waals surface area contributed by atoms with Gasteiger partial charge in [-0.3, -0.25) is 14.2 Å². The van der Waals surface area contributed by atoms with Crippen molar-refractivity contribution in [3.8, 4) is 0 Å². The molecular formula is C25H22FN3O2. The van der Waals surface area contributed by atoms with E-state index in [9.17, 15) is 14.0 Å². The molecule has 156 valence electrons. The van der Waals surface area contributed by atoms with Crippen LogP contribution >= 0.6 is 0 Å². The smallest absolute Gasteiger partial charge is 0.265 e. The number of anilines is 1. The second-order valence-electron chi connectivity index (χ2n) is 7.33. The van der Waals surface area contributed by atoms with E-state index in [4.69, 9.17) is 0 Å². The van der Waals surface area contributed by atoms with Crippen LogP contribution in [-0.2, 0) is 6.54 Å². The average molecular weight is 415 g/mol. The first-order valence-electron chi connectivity index (χ1n) is 10.1. The third-order valence-electron chi connectivity index (χ3n) is 5.30. The highest BCUT2D eigenvalue weighted by molar-refractivity contribution is 6.07. The molecule has 0 spiro atoms. The Morgan fingerprint density at radius 1 is 1.06 bits per heavy atom. The average Bonchev–Trinajstić information content (AvgIpc) is 2.78. The van der Waals surface area contributed by atoms with Crippen LogP contribution in [-0.4, -0.2) is 22.0 Å². The molecule has 0 unspecified atom stereocenters. The number of rotatable bonds is 5. The lowest BCUT2D eigenvalue weighted by atomic mass is 10.1. The molecule has 2 heterocycles. The van der Waals surface area contributed by atoms with Crippen molar-refractivity contribution in [1.82, 2.24) is 9.55 Å². The van der Waals surface area contributed by atoms with Gasteiger partial charge in [-0.2, -0.15) is 0 Å². The van der Waals surface area contributed by atoms with Gasteiger partial charge >= 0.3 is 0 Å². The molecule has 2 aromatic carbocycles. The first kappa shape index (κ1) is 20.5. The second kappa shape index (κ2) is 8.52. The van der Waals surface area contributed by atoms with Crippen molar-refractivity contribution in [2.45, 2.75) is 20.4 Å². The Kier molecular flexibility index (Phi) is 5.62. The number of aromatic nitrogens is 2. The van der Waals surface area contributed by atoms with Gasteiger partial charge < -0.3 is 4.90 Å². The minimum atomic E-state index is -0.424. The number of fused-ring (bicyclic) bond motifs is 1. The molecule has 0 N–H and O–H groups in total. The van der Waals surface area contributed by atoms with Crippen molar-refractivity contribution >= 4 is 22.6 Å². The molecule has 2 aromatic heterocycles. The molecule has 0 aliphatic heterocycles. The van der Waals surface area contributed by atoms with Gasteiger partial charge in [0.2, 0.25) is 0 Å². The van der Waals surface area contributed by atoms with Gasteiger partial charge in [0.25, 0.3) is 11.5 Å². The molecule has 0 fully saturated rings. The van der Waals surface area contributed by atoms with E-state index in [0.29, 0.717) is 17.6 Å². The summed E-state index contributed by atoms with van der Waals surface area (Å²) in [4.78, 5) is 32.9. The summed E-state index contributed by atoms with van der Waals surface area (Å²) in [6.45, 7) is 4.42. The lowest BCUT2D eigenvalue weighted by Crippen LogP contribution is -2.37. The van der Waals surface area contributed by atoms with Crippen LogP contribution in [0.25, 0.3) is 11.0 Å². The number of amides is 1. The highest BCUT2D eigenvalue weighted by atomic mass is 19.1. The number of benzene rings is 2. The summed E-state index contributed by atoms with van der Waals surface area (Å²) in [7, 11) is 0. The Bertz CT molecular complexity index is 1310. The maximum absolute atomic E-state index is 13.5. The van der Waals surface area contributed by atoms with E-state index in [-0.39, 0.29) is 23.8 Å². The molecule has 4 aromatic rings. The van der Waals surface area contributed by atoms with Crippen LogP contribution in [0.3, 0.4) is 0 Å². The fourth-order valence-electron chi connectivity index (χ4n) is 3.71. The predicted octanol–water partition coefficient (Wildman–Crippen LogP) is 4.56. The van der Waals surface area contributed by atoms with Crippen molar-refractivity contribution in [3.05, 3.63) is 106 Å². The number of hydrogen-bond donors (Lipinski definition) is 0. The molecule has 4 rings (SSSR count). The van der Waals surface area contributed by atoms with Gasteiger partial charge in [0.1, 0.15) is 17.0 Å². The van der Waals surface area contributed by atoms with E-state index in [1.54, 1.807) is 35.4 Å². The topological polar surface area (TPSA) is 55.2 Å². The van der Waals surface area contributed by atoms with Gasteiger partial charge in [-0.05, 0) is 61.4 Å². The normalized spacial score (nSPS) is 10.9. The summed E-state index contributed by atoms with van der Waals surface area (Å²) < 4.78 is 14.8. The molecule has 0 aliphatic rings. The van der Waals surface area contributed by atoms with Crippen LogP contribution in [0, 0.1) is 12.7 Å². The number of hydrogen-bond acceptors (Lipinski definition) is 3. The molecule has 0 saturated heterocycles. The highest BCUT2D eigenvalue weighted by Gasteiger charge is 2.23. The van der Waals surface area contributed by atoms with E-state index in [1.807, 2.05) is 44.2 Å². The quantitative estimate of drug-likeness (QED) is 0.480. The first-order valence-corrected chi connectivity index (χ1v) is 10.1. The zero-order chi connectivity index (χ0) is 22.0. The first-order chi connectivity index (χ1) is 15.0. The number of carbonyl (C=O) groups is 1. The monoisotopic (exact) mass is 415 g/mol. The summed E-state index contributed by atoms with van der Waals surface area (Å²) in [5.74, 6) is -0.708. The van der Waals surface area contributed by atoms with Crippen LogP contribution < -0.4 is 10.5 Å². The van der Waals surface area contributed by atoms with Gasteiger partial charge in [-0.25, -0.2) is 9.37 Å². The molecule has 6 heteroatoms. The Labute approximate surface area is 179 Å². The van der Waals surface area contributed by atoms with E-state index >= 15 is 0 Å². The fraction of sp³-hybridized carbons (Fsp3) is 0.160. The molecule has 0 atom stereocenters. The molecule has 1 amide bonds. The molecule has 0 bridgehead atoms. The van der Waals surface area contributed by atoms with Gasteiger partial charge in [0.05, 0.1) is 6.54 Å². The largest absolute Gasteiger partial charge is 0.308 e. The molecular weight excluding hydrogens is 393 g/mol. The summed E-state index contributed by atoms with van der Waals surface area (Å²) in [5, 5.41) is 0.688. The van der Waals surface area contributed by atoms with E-state index in [2.05, 4.69) is 4.98 Å². The van der Waals surface area contributed by atoms with Crippen molar-refractivity contribution in [2.75, 3.05) is 11.4 Å². The van der Waals surface area contributed by atoms with Crippen molar-refractivity contribution in [3.63, 3.8) is 0 Å². The minimum Gasteiger partial charge on any atom is -0.308 e. The van der Waals surface area contributed by atoms with Gasteiger partial charge in [0, 0.05) is 23.8 Å². The third kappa shape index (κ3) is 3.97. The molecule has 0 saturated carbocycles. The maximum atomic E-state index is 13.5. The highest BCUT2D eigenvalue weighted by Crippen LogP contribution is 2.22. The Morgan fingerprint density at radius 2 is 1.81 bits per heavy atom. The third-order valence-corrected chi connectivity index (χ3v) is 5.30. The standard InChI is InChI=1S/C25H22FN3O2/c1-3-28(22-9-5-4-7-17(22)2)24(30)21-15-19-8-6-14-27-23(19)29(25(21)31)16-18-10-12-20(26)13-11-18/h4-15H,3,16H2,1-2H3. The predicted molar refractivity (Wildman–Crippen MR) is 120 cm³/mol. The van der Waals surface area contributed by atoms with Crippen molar-refractivity contribution < 1.29 is 9.18 Å². The van der Waals surface area contributed by atoms with E-state index in [1.165, 1.54) is 16.7 Å². The Balaban J connectivity index is 1.85. The number of carbonyl (C=O) groups excluding carboxylic acids is 1. The lowest BCUT2D eigenvalue weighted by Gasteiger charge is -2.23. The summed E-state index contributed by atoms with van der Waals surface area (Å²) >= 11 is 0. The summed E-state index contributed by atoms with van der Waals surface area (Å²) in [5.41, 5.74) is 2.59. The number of pyridine rings is 2. The van der Waals surface area contributed by atoms with Crippen molar-refractivity contribution in [1.29, 1.82) is 0 Å². The maximum Gasteiger partial charge on any atom is 0.265 e. The van der Waals surface area contributed by atoms with E-state index in [0.717, 1.165) is 16.8 Å². The van der Waals surface area contributed by atoms with Gasteiger partial charge in [0.15, 0.2) is 0 Å². The Morgan fingerprint density at radius 3 is 2.52 bits per heavy atom. The second-order valence-corrected chi connectivity index (χ2v) is 7.33. The number of halogens is 1. The van der Waals surface area contributed by atoms with Crippen LogP contribution in [0.15, 0.2) is 77.7 Å². The number of aryl methyl sites for hydroxylation is 1. The lowest BCUT2D eigenvalue weighted by molar-refractivity contribution is 0.0986. The Hall–Kier alpha value is -3.80. The summed E-state index contributed by atoms with van der Waals surface area (Å²) in [6.07, 6.45) is 1.61. The molecule has 0 radical (unpaired) electrons. The molecule has 5 nitrogen and oxygen atoms in total. The van der Waals surface area contributed by atoms with Gasteiger partial charge in [-0.15, -0.1) is 0 Å². The number of para-hydroxylation sites is 1. The van der Waals surface area contributed by atoms with Gasteiger partial charge in [-0.1, -0.05) is 30.3 Å². The zero-order valence-electron chi connectivity index (χ0n) is 17.4. The SMILES string of the molecule is CCN(C(=O)c1cc2cccnc2n(Cc2ccc(F)cc2)c1=O)c1ccccc1C. The summed E-state index contributed by atoms with van der Waals surface area (Å²) in [6, 6.07) is 18.7. The zero-order valence-corrected chi connectivity index (χ0v) is 17.4. The van der Waals surface area contributed by atoms with Crippen LogP contribution in [0.5, 0.6) is 0 Å². The van der Waals surface area contributed by atoms with Crippen LogP contribution in [0.1, 0.15) is 28.4 Å². The van der Waals surface area contributed by atoms with Crippen molar-refractivity contribution in [2.24, 2.45) is 0 Å². The molecule has 31 heavy (non-hydrogen) atoms. The van der Waals surface area contributed by atoms with Crippen LogP contribution in [0.2, 0.25) is 0 Å². The van der Waals surface area contributed by atoms with E-state index < -0.39 is 5.56 Å².